The molecular formula is C74H51BN4O2. The van der Waals surface area contributed by atoms with Crippen LogP contribution >= 0.6 is 0 Å². The Morgan fingerprint density at radius 2 is 0.889 bits per heavy atom. The highest BCUT2D eigenvalue weighted by molar-refractivity contribution is 6.76. The lowest BCUT2D eigenvalue weighted by atomic mass is 9.57. The van der Waals surface area contributed by atoms with Gasteiger partial charge in [-0.25, -0.2) is 4.98 Å². The van der Waals surface area contributed by atoms with Crippen LogP contribution in [-0.2, 0) is 0 Å². The van der Waals surface area contributed by atoms with E-state index in [-0.39, 0.29) is 6.92 Å². The van der Waals surface area contributed by atoms with Crippen LogP contribution in [0.3, 0.4) is 0 Å². The number of hydrogen-bond donors (Lipinski definition) is 0. The van der Waals surface area contributed by atoms with Gasteiger partial charge in [-0.2, -0.15) is 0 Å². The monoisotopic (exact) mass is 1040 g/mol. The summed E-state index contributed by atoms with van der Waals surface area (Å²) in [5, 5.41) is 2.29. The first kappa shape index (κ1) is 47.6. The third-order valence-electron chi connectivity index (χ3n) is 15.7. The lowest BCUT2D eigenvalue weighted by molar-refractivity contribution is 0.481. The van der Waals surface area contributed by atoms with Crippen molar-refractivity contribution in [2.45, 2.75) is 0 Å². The Kier molecular flexibility index (Phi) is 11.9. The van der Waals surface area contributed by atoms with Crippen LogP contribution in [0.15, 0.2) is 303 Å². The average molecular weight is 1040 g/mol. The molecule has 0 radical (unpaired) electrons. The summed E-state index contributed by atoms with van der Waals surface area (Å²) in [5.41, 5.74) is 19.9. The quantitative estimate of drug-likeness (QED) is 0.121. The Morgan fingerprint density at radius 1 is 0.395 bits per heavy atom. The zero-order chi connectivity index (χ0) is 53.6. The molecule has 2 aliphatic heterocycles. The van der Waals surface area contributed by atoms with Gasteiger partial charge in [0.25, 0.3) is 0 Å². The van der Waals surface area contributed by atoms with Crippen LogP contribution in [0.4, 0.5) is 11.4 Å². The highest BCUT2D eigenvalue weighted by Crippen LogP contribution is 2.49. The summed E-state index contributed by atoms with van der Waals surface area (Å²) in [6, 6.07) is 101. The molecule has 6 nitrogen and oxygen atoms in total. The maximum atomic E-state index is 7.16. The van der Waals surface area contributed by atoms with Crippen molar-refractivity contribution in [3.8, 4) is 89.8 Å². The molecule has 2 aliphatic rings. The van der Waals surface area contributed by atoms with Gasteiger partial charge in [-0.05, 0) is 140 Å². The smallest absolute Gasteiger partial charge is 0.445 e. The van der Waals surface area contributed by atoms with E-state index in [2.05, 4.69) is 281 Å². The summed E-state index contributed by atoms with van der Waals surface area (Å²) in [7, 11) is 0. The van der Waals surface area contributed by atoms with Gasteiger partial charge in [0, 0.05) is 46.4 Å². The summed E-state index contributed by atoms with van der Waals surface area (Å²) in [5.74, 6) is 3.05. The van der Waals surface area contributed by atoms with Gasteiger partial charge < -0.3 is 19.2 Å². The maximum absolute atomic E-state index is 7.16. The normalized spacial score (nSPS) is 12.7. The SMILES string of the molecule is C1=C2B(c3ccccc3)Oc3ccc(Oc4ccc5c6ccccc6n(-c6ccccn6)c5c4)cc3N2CN1c1c(-c2cc(-c3ccccc3)cc(-c3ccccc3)c2)cccc1-c1cc(-c2ccccc2)cc(-c2ccccc2)c1. The van der Waals surface area contributed by atoms with Gasteiger partial charge in [0.2, 0.25) is 0 Å². The van der Waals surface area contributed by atoms with Crippen LogP contribution in [0.2, 0.25) is 0 Å². The first-order valence-electron chi connectivity index (χ1n) is 27.5. The number of pyridine rings is 1. The second kappa shape index (κ2) is 20.3. The lowest BCUT2D eigenvalue weighted by Crippen LogP contribution is -2.47. The molecule has 0 bridgehead atoms. The molecule has 0 aliphatic carbocycles. The molecule has 15 rings (SSSR count). The van der Waals surface area contributed by atoms with Crippen LogP contribution in [0.1, 0.15) is 0 Å². The molecule has 0 N–H and O–H groups in total. The molecule has 7 heteroatoms. The minimum atomic E-state index is -0.390. The Morgan fingerprint density at radius 3 is 1.46 bits per heavy atom. The number of hydrogen-bond acceptors (Lipinski definition) is 5. The molecule has 0 saturated heterocycles. The highest BCUT2D eigenvalue weighted by Gasteiger charge is 2.42. The van der Waals surface area contributed by atoms with E-state index >= 15 is 0 Å². The Labute approximate surface area is 471 Å². The predicted octanol–water partition coefficient (Wildman–Crippen LogP) is 17.9. The molecule has 0 saturated carbocycles. The zero-order valence-electron chi connectivity index (χ0n) is 44.2. The minimum absolute atomic E-state index is 0.390. The fraction of sp³-hybridized carbons (Fsp3) is 0.0135. The van der Waals surface area contributed by atoms with Crippen molar-refractivity contribution >= 4 is 45.6 Å². The molecule has 4 heterocycles. The number of para-hydroxylation sites is 2. The van der Waals surface area contributed by atoms with Crippen molar-refractivity contribution in [2.75, 3.05) is 16.5 Å². The molecular weight excluding hydrogens is 988 g/mol. The molecule has 0 atom stereocenters. The van der Waals surface area contributed by atoms with Gasteiger partial charge in [0.05, 0.1) is 34.7 Å². The van der Waals surface area contributed by atoms with E-state index in [1.807, 2.05) is 30.5 Å². The van der Waals surface area contributed by atoms with Crippen LogP contribution < -0.4 is 24.7 Å². The van der Waals surface area contributed by atoms with Crippen molar-refractivity contribution in [2.24, 2.45) is 0 Å². The fourth-order valence-electron chi connectivity index (χ4n) is 11.9. The number of ether oxygens (including phenoxy) is 1. The Balaban J connectivity index is 0.905. The lowest BCUT2D eigenvalue weighted by Gasteiger charge is -2.34. The van der Waals surface area contributed by atoms with Gasteiger partial charge in [-0.1, -0.05) is 194 Å². The van der Waals surface area contributed by atoms with E-state index in [0.717, 1.165) is 128 Å². The molecule has 13 aromatic rings. The van der Waals surface area contributed by atoms with E-state index < -0.39 is 0 Å². The minimum Gasteiger partial charge on any atom is -0.549 e. The van der Waals surface area contributed by atoms with Crippen molar-refractivity contribution in [1.82, 2.24) is 9.55 Å². The van der Waals surface area contributed by atoms with Gasteiger partial charge in [0.15, 0.2) is 0 Å². The van der Waals surface area contributed by atoms with Crippen molar-refractivity contribution in [1.29, 1.82) is 0 Å². The van der Waals surface area contributed by atoms with E-state index in [9.17, 15) is 0 Å². The largest absolute Gasteiger partial charge is 0.549 e. The van der Waals surface area contributed by atoms with Crippen molar-refractivity contribution < 1.29 is 9.39 Å². The van der Waals surface area contributed by atoms with Crippen LogP contribution in [0, 0.1) is 0 Å². The fourth-order valence-corrected chi connectivity index (χ4v) is 11.9. The molecule has 81 heavy (non-hydrogen) atoms. The van der Waals surface area contributed by atoms with Crippen LogP contribution in [0.5, 0.6) is 17.2 Å². The second-order valence-electron chi connectivity index (χ2n) is 20.7. The first-order chi connectivity index (χ1) is 40.1. The number of nitrogens with zero attached hydrogens (tertiary/aromatic N) is 4. The van der Waals surface area contributed by atoms with Crippen LogP contribution in [0.25, 0.3) is 94.4 Å². The Bertz CT molecular complexity index is 4240. The van der Waals surface area contributed by atoms with Gasteiger partial charge in [-0.3, -0.25) is 4.57 Å². The van der Waals surface area contributed by atoms with Gasteiger partial charge in [0.1, 0.15) is 23.1 Å². The third kappa shape index (κ3) is 8.87. The van der Waals surface area contributed by atoms with Crippen molar-refractivity contribution in [3.63, 3.8) is 0 Å². The van der Waals surface area contributed by atoms with Crippen molar-refractivity contribution in [3.05, 3.63) is 303 Å². The summed E-state index contributed by atoms with van der Waals surface area (Å²) in [6.45, 7) is 0.117. The third-order valence-corrected chi connectivity index (χ3v) is 15.7. The Hall–Kier alpha value is -10.6. The maximum Gasteiger partial charge on any atom is 0.445 e. The van der Waals surface area contributed by atoms with Gasteiger partial charge >= 0.3 is 6.92 Å². The molecule has 0 unspecified atom stereocenters. The number of benzene rings is 11. The summed E-state index contributed by atoms with van der Waals surface area (Å²) < 4.78 is 16.3. The number of anilines is 2. The molecule has 382 valence electrons. The predicted molar refractivity (Wildman–Crippen MR) is 335 cm³/mol. The average Bonchev–Trinajstić information content (AvgIpc) is 4.38. The molecule has 0 spiro atoms. The molecule has 2 aromatic heterocycles. The van der Waals surface area contributed by atoms with E-state index in [1.54, 1.807) is 0 Å². The summed E-state index contributed by atoms with van der Waals surface area (Å²) in [4.78, 5) is 9.63. The van der Waals surface area contributed by atoms with Crippen LogP contribution in [-0.4, -0.2) is 23.1 Å². The first-order valence-corrected chi connectivity index (χ1v) is 27.5. The van der Waals surface area contributed by atoms with E-state index in [0.29, 0.717) is 12.4 Å². The second-order valence-corrected chi connectivity index (χ2v) is 20.7. The van der Waals surface area contributed by atoms with Gasteiger partial charge in [-0.15, -0.1) is 0 Å². The molecule has 0 fully saturated rings. The molecule has 0 amide bonds. The summed E-state index contributed by atoms with van der Waals surface area (Å²) in [6.07, 6.45) is 4.16. The standard InChI is InChI=1S/C74H51BN4O2/c1-6-21-51(22-7-1)55-41-56(52-23-8-2-9-24-52)44-59(43-55)64-32-20-33-65(60-45-57(53-25-10-3-11-26-53)42-58(46-60)54-27-12-4-13-28-54)74(64)77-49-72-75(61-29-14-5-15-30-61)81-71-39-37-63(48-70(71)78(72)50-77)80-62-36-38-67-66-31-16-17-34-68(66)79(69(67)47-62)73-35-18-19-40-76-73/h1-49H,50H2. The molecule has 11 aromatic carbocycles. The van der Waals surface area contributed by atoms with E-state index in [4.69, 9.17) is 14.4 Å². The zero-order valence-corrected chi connectivity index (χ0v) is 44.2. The number of aromatic nitrogens is 2. The summed E-state index contributed by atoms with van der Waals surface area (Å²) >= 11 is 0. The topological polar surface area (TPSA) is 42.8 Å². The number of rotatable bonds is 11. The van der Waals surface area contributed by atoms with E-state index in [1.165, 1.54) is 0 Å². The number of fused-ring (bicyclic) bond motifs is 6. The highest BCUT2D eigenvalue weighted by atomic mass is 16.5.